The second-order valence-electron chi connectivity index (χ2n) is 3.81. The molecule has 0 aromatic carbocycles. The second-order valence-corrected chi connectivity index (χ2v) is 3.81. The van der Waals surface area contributed by atoms with Gasteiger partial charge in [-0.3, -0.25) is 9.59 Å². The molecule has 0 aromatic rings. The highest BCUT2D eigenvalue weighted by Gasteiger charge is 2.24. The first-order valence-electron chi connectivity index (χ1n) is 4.80. The summed E-state index contributed by atoms with van der Waals surface area (Å²) in [6.45, 7) is 3.37. The monoisotopic (exact) mass is 200 g/mol. The maximum absolute atomic E-state index is 11.4. The minimum atomic E-state index is -1.00. The number of rotatable bonds is 3. The number of piperidine rings is 1. The Kier molecular flexibility index (Phi) is 3.88. The Bertz CT molecular complexity index is 230. The van der Waals surface area contributed by atoms with E-state index in [0.717, 1.165) is 13.0 Å². The summed E-state index contributed by atoms with van der Waals surface area (Å²) in [6.07, 6.45) is 0.832. The van der Waals surface area contributed by atoms with Crippen LogP contribution in [0.1, 0.15) is 13.3 Å². The van der Waals surface area contributed by atoms with Crippen LogP contribution in [0.2, 0.25) is 0 Å². The number of carboxylic acid groups (broad SMARTS) is 1. The van der Waals surface area contributed by atoms with Crippen LogP contribution in [0.25, 0.3) is 0 Å². The van der Waals surface area contributed by atoms with Gasteiger partial charge in [0.2, 0.25) is 5.91 Å². The minimum absolute atomic E-state index is 0.0851. The van der Waals surface area contributed by atoms with Gasteiger partial charge in [0.1, 0.15) is 6.54 Å². The number of nitrogens with one attached hydrogen (secondary N) is 2. The van der Waals surface area contributed by atoms with Crippen LogP contribution in [-0.2, 0) is 9.59 Å². The van der Waals surface area contributed by atoms with Crippen LogP contribution in [-0.4, -0.2) is 36.6 Å². The Morgan fingerprint density at radius 3 is 2.79 bits per heavy atom. The Labute approximate surface area is 82.9 Å². The fourth-order valence-corrected chi connectivity index (χ4v) is 1.66. The fraction of sp³-hybridized carbons (Fsp3) is 0.778. The molecule has 5 heteroatoms. The SMILES string of the molecule is CC1CNCC(C(=O)NCC(=O)O)C1. The number of aliphatic carboxylic acids is 1. The van der Waals surface area contributed by atoms with Crippen molar-refractivity contribution >= 4 is 11.9 Å². The van der Waals surface area contributed by atoms with Crippen LogP contribution < -0.4 is 10.6 Å². The quantitative estimate of drug-likeness (QED) is 0.570. The molecular formula is C9H16N2O3. The molecule has 0 radical (unpaired) electrons. The van der Waals surface area contributed by atoms with Crippen molar-refractivity contribution < 1.29 is 14.7 Å². The van der Waals surface area contributed by atoms with E-state index in [1.807, 2.05) is 0 Å². The van der Waals surface area contributed by atoms with Gasteiger partial charge in [-0.05, 0) is 18.9 Å². The van der Waals surface area contributed by atoms with Crippen molar-refractivity contribution in [1.29, 1.82) is 0 Å². The number of carbonyl (C=O) groups is 2. The van der Waals surface area contributed by atoms with E-state index in [0.29, 0.717) is 12.5 Å². The topological polar surface area (TPSA) is 78.4 Å². The van der Waals surface area contributed by atoms with Crippen LogP contribution >= 0.6 is 0 Å². The maximum Gasteiger partial charge on any atom is 0.322 e. The molecule has 14 heavy (non-hydrogen) atoms. The third-order valence-electron chi connectivity index (χ3n) is 2.36. The zero-order valence-corrected chi connectivity index (χ0v) is 8.25. The van der Waals surface area contributed by atoms with E-state index in [4.69, 9.17) is 5.11 Å². The molecule has 0 spiro atoms. The van der Waals surface area contributed by atoms with Crippen LogP contribution in [0.15, 0.2) is 0 Å². The van der Waals surface area contributed by atoms with Crippen LogP contribution in [0.5, 0.6) is 0 Å². The number of hydrogen-bond donors (Lipinski definition) is 3. The summed E-state index contributed by atoms with van der Waals surface area (Å²) in [4.78, 5) is 21.7. The van der Waals surface area contributed by atoms with Gasteiger partial charge in [0.15, 0.2) is 0 Å². The smallest absolute Gasteiger partial charge is 0.322 e. The van der Waals surface area contributed by atoms with Crippen LogP contribution in [0, 0.1) is 11.8 Å². The summed E-state index contributed by atoms with van der Waals surface area (Å²) < 4.78 is 0. The van der Waals surface area contributed by atoms with Crippen molar-refractivity contribution in [3.05, 3.63) is 0 Å². The summed E-state index contributed by atoms with van der Waals surface area (Å²) in [5.41, 5.74) is 0. The fourth-order valence-electron chi connectivity index (χ4n) is 1.66. The highest BCUT2D eigenvalue weighted by atomic mass is 16.4. The molecule has 0 bridgehead atoms. The highest BCUT2D eigenvalue weighted by molar-refractivity contribution is 5.83. The summed E-state index contributed by atoms with van der Waals surface area (Å²) in [5, 5.41) is 13.9. The van der Waals surface area contributed by atoms with Crippen molar-refractivity contribution in [2.24, 2.45) is 11.8 Å². The van der Waals surface area contributed by atoms with Gasteiger partial charge in [-0.25, -0.2) is 0 Å². The standard InChI is InChI=1S/C9H16N2O3/c1-6-2-7(4-10-3-6)9(14)11-5-8(12)13/h6-7,10H,2-5H2,1H3,(H,11,14)(H,12,13). The first-order valence-corrected chi connectivity index (χ1v) is 4.80. The van der Waals surface area contributed by atoms with E-state index in [2.05, 4.69) is 17.6 Å². The molecule has 1 heterocycles. The van der Waals surface area contributed by atoms with E-state index in [9.17, 15) is 9.59 Å². The number of amides is 1. The molecule has 5 nitrogen and oxygen atoms in total. The van der Waals surface area contributed by atoms with Crippen molar-refractivity contribution in [2.45, 2.75) is 13.3 Å². The van der Waals surface area contributed by atoms with Crippen molar-refractivity contribution in [3.8, 4) is 0 Å². The molecule has 1 fully saturated rings. The zero-order chi connectivity index (χ0) is 10.6. The summed E-state index contributed by atoms with van der Waals surface area (Å²) >= 11 is 0. The molecule has 1 saturated heterocycles. The van der Waals surface area contributed by atoms with E-state index in [1.54, 1.807) is 0 Å². The Hall–Kier alpha value is -1.10. The van der Waals surface area contributed by atoms with Gasteiger partial charge in [-0.15, -0.1) is 0 Å². The van der Waals surface area contributed by atoms with Crippen molar-refractivity contribution in [3.63, 3.8) is 0 Å². The lowest BCUT2D eigenvalue weighted by Crippen LogP contribution is -2.44. The van der Waals surface area contributed by atoms with E-state index >= 15 is 0 Å². The third kappa shape index (κ3) is 3.33. The Morgan fingerprint density at radius 2 is 2.21 bits per heavy atom. The molecule has 0 aromatic heterocycles. The van der Waals surface area contributed by atoms with E-state index in [1.165, 1.54) is 0 Å². The van der Waals surface area contributed by atoms with Crippen molar-refractivity contribution in [2.75, 3.05) is 19.6 Å². The minimum Gasteiger partial charge on any atom is -0.480 e. The second kappa shape index (κ2) is 4.95. The third-order valence-corrected chi connectivity index (χ3v) is 2.36. The molecular weight excluding hydrogens is 184 g/mol. The predicted molar refractivity (Wildman–Crippen MR) is 50.8 cm³/mol. The van der Waals surface area contributed by atoms with Gasteiger partial charge in [0, 0.05) is 6.54 Å². The average Bonchev–Trinajstić information content (AvgIpc) is 2.14. The lowest BCUT2D eigenvalue weighted by molar-refractivity contribution is -0.138. The van der Waals surface area contributed by atoms with Crippen molar-refractivity contribution in [1.82, 2.24) is 10.6 Å². The summed E-state index contributed by atoms with van der Waals surface area (Å²) in [6, 6.07) is 0. The highest BCUT2D eigenvalue weighted by Crippen LogP contribution is 2.15. The van der Waals surface area contributed by atoms with Gasteiger partial charge in [0.05, 0.1) is 5.92 Å². The zero-order valence-electron chi connectivity index (χ0n) is 8.25. The average molecular weight is 200 g/mol. The largest absolute Gasteiger partial charge is 0.480 e. The van der Waals surface area contributed by atoms with E-state index in [-0.39, 0.29) is 18.4 Å². The molecule has 3 N–H and O–H groups in total. The number of hydrogen-bond acceptors (Lipinski definition) is 3. The lowest BCUT2D eigenvalue weighted by atomic mass is 9.91. The molecule has 2 atom stereocenters. The number of carbonyl (C=O) groups excluding carboxylic acids is 1. The van der Waals surface area contributed by atoms with Gasteiger partial charge in [0.25, 0.3) is 0 Å². The van der Waals surface area contributed by atoms with E-state index < -0.39 is 5.97 Å². The molecule has 80 valence electrons. The molecule has 1 aliphatic heterocycles. The van der Waals surface area contributed by atoms with Gasteiger partial charge >= 0.3 is 5.97 Å². The van der Waals surface area contributed by atoms with Gasteiger partial charge in [-0.1, -0.05) is 6.92 Å². The normalized spacial score (nSPS) is 26.9. The molecule has 1 amide bonds. The molecule has 1 rings (SSSR count). The van der Waals surface area contributed by atoms with Gasteiger partial charge < -0.3 is 15.7 Å². The lowest BCUT2D eigenvalue weighted by Gasteiger charge is -2.26. The van der Waals surface area contributed by atoms with Crippen LogP contribution in [0.3, 0.4) is 0 Å². The molecule has 0 saturated carbocycles. The molecule has 1 aliphatic rings. The summed E-state index contributed by atoms with van der Waals surface area (Å²) in [5.74, 6) is -0.774. The molecule has 0 aliphatic carbocycles. The Balaban J connectivity index is 2.32. The Morgan fingerprint density at radius 1 is 1.50 bits per heavy atom. The predicted octanol–water partition coefficient (Wildman–Crippen LogP) is -0.567. The molecule has 2 unspecified atom stereocenters. The van der Waals surface area contributed by atoms with Crippen LogP contribution in [0.4, 0.5) is 0 Å². The first kappa shape index (κ1) is 11.0. The maximum atomic E-state index is 11.4. The summed E-state index contributed by atoms with van der Waals surface area (Å²) in [7, 11) is 0. The first-order chi connectivity index (χ1) is 6.59. The van der Waals surface area contributed by atoms with Gasteiger partial charge in [-0.2, -0.15) is 0 Å². The number of carboxylic acids is 1.